The van der Waals surface area contributed by atoms with Gasteiger partial charge in [0, 0.05) is 21.3 Å². The van der Waals surface area contributed by atoms with Crippen molar-refractivity contribution in [3.05, 3.63) is 44.8 Å². The highest BCUT2D eigenvalue weighted by Gasteiger charge is 2.18. The molecule has 0 atom stereocenters. The summed E-state index contributed by atoms with van der Waals surface area (Å²) in [5.41, 5.74) is -0.0716. The third-order valence-electron chi connectivity index (χ3n) is 2.66. The molecular weight excluding hydrogens is 379 g/mol. The molecule has 0 aliphatic heterocycles. The van der Waals surface area contributed by atoms with Crippen LogP contribution in [-0.2, 0) is 16.6 Å². The predicted octanol–water partition coefficient (Wildman–Crippen LogP) is 3.56. The molecule has 8 heteroatoms. The van der Waals surface area contributed by atoms with Crippen LogP contribution in [0.2, 0.25) is 0 Å². The Morgan fingerprint density at radius 1 is 1.33 bits per heavy atom. The van der Waals surface area contributed by atoms with Crippen LogP contribution in [-0.4, -0.2) is 15.0 Å². The second kappa shape index (κ2) is 6.87. The highest BCUT2D eigenvalue weighted by Crippen LogP contribution is 2.25. The summed E-state index contributed by atoms with van der Waals surface area (Å²) in [4.78, 5) is 1.05. The van der Waals surface area contributed by atoms with Crippen molar-refractivity contribution in [3.8, 4) is 0 Å². The Kier molecular flexibility index (Phi) is 5.37. The molecule has 114 valence electrons. The Labute approximate surface area is 135 Å². The number of nitrogens with one attached hydrogen (secondary N) is 2. The van der Waals surface area contributed by atoms with Gasteiger partial charge >= 0.3 is 0 Å². The van der Waals surface area contributed by atoms with Crippen LogP contribution in [0.4, 0.5) is 10.1 Å². The number of anilines is 1. The maximum Gasteiger partial charge on any atom is 0.262 e. The van der Waals surface area contributed by atoms with Crippen molar-refractivity contribution in [3.63, 3.8) is 0 Å². The van der Waals surface area contributed by atoms with Crippen LogP contribution in [0.3, 0.4) is 0 Å². The Bertz CT molecular complexity index is 732. The van der Waals surface area contributed by atoms with E-state index in [1.165, 1.54) is 23.5 Å². The van der Waals surface area contributed by atoms with Gasteiger partial charge in [0.1, 0.15) is 5.82 Å². The summed E-state index contributed by atoms with van der Waals surface area (Å²) in [5, 5.41) is 4.67. The van der Waals surface area contributed by atoms with Gasteiger partial charge in [-0.15, -0.1) is 11.3 Å². The van der Waals surface area contributed by atoms with Crippen LogP contribution < -0.4 is 10.0 Å². The highest BCUT2D eigenvalue weighted by atomic mass is 79.9. The Morgan fingerprint density at radius 3 is 2.76 bits per heavy atom. The molecule has 1 aromatic carbocycles. The van der Waals surface area contributed by atoms with Crippen molar-refractivity contribution in [2.24, 2.45) is 0 Å². The van der Waals surface area contributed by atoms with Gasteiger partial charge in [0.2, 0.25) is 0 Å². The molecule has 0 saturated carbocycles. The minimum atomic E-state index is -3.78. The third kappa shape index (κ3) is 4.26. The molecule has 4 nitrogen and oxygen atoms in total. The van der Waals surface area contributed by atoms with E-state index in [1.54, 1.807) is 17.5 Å². The predicted molar refractivity (Wildman–Crippen MR) is 86.6 cm³/mol. The molecule has 21 heavy (non-hydrogen) atoms. The molecule has 0 aliphatic rings. The summed E-state index contributed by atoms with van der Waals surface area (Å²) >= 11 is 4.48. The van der Waals surface area contributed by atoms with E-state index >= 15 is 0 Å². The van der Waals surface area contributed by atoms with Gasteiger partial charge < -0.3 is 5.32 Å². The fraction of sp³-hybridized carbons (Fsp3) is 0.231. The van der Waals surface area contributed by atoms with E-state index in [4.69, 9.17) is 0 Å². The minimum absolute atomic E-state index is 0.0716. The fourth-order valence-corrected chi connectivity index (χ4v) is 4.26. The summed E-state index contributed by atoms with van der Waals surface area (Å²) in [6, 6.07) is 5.75. The average molecular weight is 393 g/mol. The molecule has 0 unspecified atom stereocenters. The van der Waals surface area contributed by atoms with Crippen LogP contribution in [0.15, 0.2) is 39.0 Å². The summed E-state index contributed by atoms with van der Waals surface area (Å²) < 4.78 is 41.0. The van der Waals surface area contributed by atoms with Gasteiger partial charge in [-0.05, 0) is 30.8 Å². The fourth-order valence-electron chi connectivity index (χ4n) is 1.62. The average Bonchev–Trinajstić information content (AvgIpc) is 2.89. The second-order valence-corrected chi connectivity index (χ2v) is 7.85. The van der Waals surface area contributed by atoms with Gasteiger partial charge in [0.05, 0.1) is 10.6 Å². The lowest BCUT2D eigenvalue weighted by atomic mass is 10.3. The van der Waals surface area contributed by atoms with Crippen LogP contribution in [0.1, 0.15) is 11.8 Å². The van der Waals surface area contributed by atoms with Gasteiger partial charge in [0.15, 0.2) is 0 Å². The maximum absolute atomic E-state index is 13.7. The summed E-state index contributed by atoms with van der Waals surface area (Å²) in [6.45, 7) is 3.40. The Balaban J connectivity index is 2.19. The summed E-state index contributed by atoms with van der Waals surface area (Å²) in [7, 11) is -3.78. The molecule has 2 aromatic rings. The molecule has 0 radical (unpaired) electrons. The zero-order valence-electron chi connectivity index (χ0n) is 11.2. The molecular formula is C13H14BrFN2O2S2. The lowest BCUT2D eigenvalue weighted by molar-refractivity contribution is 0.598. The van der Waals surface area contributed by atoms with E-state index in [0.717, 1.165) is 11.4 Å². The third-order valence-corrected chi connectivity index (χ3v) is 5.59. The van der Waals surface area contributed by atoms with Crippen LogP contribution >= 0.6 is 27.3 Å². The van der Waals surface area contributed by atoms with Gasteiger partial charge in [-0.25, -0.2) is 12.8 Å². The molecule has 1 heterocycles. The number of rotatable bonds is 6. The number of halogens is 2. The standard InChI is InChI=1S/C13H14BrFN2O2S2/c1-2-16-7-10-6-11(8-20-10)21(18,19)17-13-4-3-9(14)5-12(13)15/h3-6,8,16-17H,2,7H2,1H3. The first-order chi connectivity index (χ1) is 9.92. The first-order valence-corrected chi connectivity index (χ1v) is 9.34. The summed E-state index contributed by atoms with van der Waals surface area (Å²) in [6.07, 6.45) is 0. The largest absolute Gasteiger partial charge is 0.312 e. The molecule has 0 saturated heterocycles. The van der Waals surface area contributed by atoms with Crippen molar-refractivity contribution >= 4 is 43.0 Å². The van der Waals surface area contributed by atoms with Gasteiger partial charge in [-0.2, -0.15) is 0 Å². The smallest absolute Gasteiger partial charge is 0.262 e. The van der Waals surface area contributed by atoms with Crippen LogP contribution in [0.5, 0.6) is 0 Å². The quantitative estimate of drug-likeness (QED) is 0.789. The zero-order valence-corrected chi connectivity index (χ0v) is 14.4. The normalized spacial score (nSPS) is 11.6. The molecule has 0 spiro atoms. The lowest BCUT2D eigenvalue weighted by Gasteiger charge is -2.07. The van der Waals surface area contributed by atoms with Crippen molar-refractivity contribution in [1.82, 2.24) is 5.32 Å². The first kappa shape index (κ1) is 16.4. The Hall–Kier alpha value is -0.960. The number of sulfonamides is 1. The van der Waals surface area contributed by atoms with E-state index in [2.05, 4.69) is 26.0 Å². The molecule has 0 bridgehead atoms. The SMILES string of the molecule is CCNCc1cc(S(=O)(=O)Nc2ccc(Br)cc2F)cs1. The topological polar surface area (TPSA) is 58.2 Å². The number of benzene rings is 1. The highest BCUT2D eigenvalue weighted by molar-refractivity contribution is 9.10. The van der Waals surface area contributed by atoms with Gasteiger partial charge in [-0.1, -0.05) is 22.9 Å². The second-order valence-electron chi connectivity index (χ2n) is 4.26. The Morgan fingerprint density at radius 2 is 2.10 bits per heavy atom. The molecule has 2 N–H and O–H groups in total. The minimum Gasteiger partial charge on any atom is -0.312 e. The van der Waals surface area contributed by atoms with Crippen molar-refractivity contribution in [1.29, 1.82) is 0 Å². The molecule has 0 aliphatic carbocycles. The number of hydrogen-bond donors (Lipinski definition) is 2. The molecule has 0 fully saturated rings. The van der Waals surface area contributed by atoms with E-state index in [9.17, 15) is 12.8 Å². The van der Waals surface area contributed by atoms with Crippen molar-refractivity contribution < 1.29 is 12.8 Å². The maximum atomic E-state index is 13.7. The van der Waals surface area contributed by atoms with E-state index in [1.807, 2.05) is 6.92 Å². The molecule has 2 rings (SSSR count). The zero-order chi connectivity index (χ0) is 15.5. The van der Waals surface area contributed by atoms with Crippen molar-refractivity contribution in [2.45, 2.75) is 18.4 Å². The van der Waals surface area contributed by atoms with E-state index < -0.39 is 15.8 Å². The van der Waals surface area contributed by atoms with Crippen LogP contribution in [0.25, 0.3) is 0 Å². The van der Waals surface area contributed by atoms with Crippen molar-refractivity contribution in [2.75, 3.05) is 11.3 Å². The van der Waals surface area contributed by atoms with E-state index in [0.29, 0.717) is 11.0 Å². The van der Waals surface area contributed by atoms with E-state index in [-0.39, 0.29) is 10.6 Å². The van der Waals surface area contributed by atoms with Gasteiger partial charge in [0.25, 0.3) is 10.0 Å². The van der Waals surface area contributed by atoms with Gasteiger partial charge in [-0.3, -0.25) is 4.72 Å². The lowest BCUT2D eigenvalue weighted by Crippen LogP contribution is -2.13. The van der Waals surface area contributed by atoms with Crippen LogP contribution in [0, 0.1) is 5.82 Å². The number of hydrogen-bond acceptors (Lipinski definition) is 4. The molecule has 0 amide bonds. The molecule has 1 aromatic heterocycles. The summed E-state index contributed by atoms with van der Waals surface area (Å²) in [5.74, 6) is -0.629. The number of thiophene rings is 1. The first-order valence-electron chi connectivity index (χ1n) is 6.18. The monoisotopic (exact) mass is 392 g/mol.